The Hall–Kier alpha value is -1.82. The number of aryl methyl sites for hydroxylation is 1. The highest BCUT2D eigenvalue weighted by Gasteiger charge is 2.25. The van der Waals surface area contributed by atoms with Crippen molar-refractivity contribution >= 4 is 61.4 Å². The van der Waals surface area contributed by atoms with Crippen molar-refractivity contribution in [2.24, 2.45) is 0 Å². The number of hydrogen-bond acceptors (Lipinski definition) is 6. The van der Waals surface area contributed by atoms with E-state index in [9.17, 15) is 4.79 Å². The van der Waals surface area contributed by atoms with Crippen LogP contribution in [0.2, 0.25) is 0 Å². The van der Waals surface area contributed by atoms with Gasteiger partial charge in [0.05, 0.1) is 18.9 Å². The Bertz CT molecular complexity index is 1520. The van der Waals surface area contributed by atoms with Gasteiger partial charge in [0.25, 0.3) is 10.6 Å². The summed E-state index contributed by atoms with van der Waals surface area (Å²) in [5, 5.41) is 2.14. The zero-order valence-electron chi connectivity index (χ0n) is 18.8. The Morgan fingerprint density at radius 2 is 1.91 bits per heavy atom. The molecule has 33 heavy (non-hydrogen) atoms. The van der Waals surface area contributed by atoms with E-state index in [1.165, 1.54) is 10.2 Å². The molecule has 0 radical (unpaired) electrons. The number of ether oxygens (including phenoxy) is 1. The highest BCUT2D eigenvalue weighted by molar-refractivity contribution is 8.08. The molecule has 0 spiro atoms. The number of thioether (sulfide) groups is 1. The number of para-hydroxylation sites is 1. The van der Waals surface area contributed by atoms with Crippen molar-refractivity contribution in [3.63, 3.8) is 0 Å². The number of hydrogen-bond donors (Lipinski definition) is 0. The van der Waals surface area contributed by atoms with Crippen LogP contribution in [0.15, 0.2) is 52.2 Å². The standard InChI is InChI=1S/C24H24N3O2S3.HI/c1-5-26-16-9-7-8-10-18(16)30-20(26)14-21-27(6-2)23(28)22(32-21)24-25(3)17-13-15(29-4)11-12-19(17)31-24;/h7-14H,5-6H2,1-4H3;1H/q+1;/p-1/b24-22-;. The number of nitrogens with zero attached hydrogens (tertiary/aromatic N) is 3. The van der Waals surface area contributed by atoms with Gasteiger partial charge in [0, 0.05) is 30.6 Å². The van der Waals surface area contributed by atoms with E-state index in [2.05, 4.69) is 52.8 Å². The average molecular weight is 610 g/mol. The summed E-state index contributed by atoms with van der Waals surface area (Å²) in [4.78, 5) is 16.6. The fraction of sp³-hybridized carbons (Fsp3) is 0.250. The predicted octanol–water partition coefficient (Wildman–Crippen LogP) is 0.601. The first kappa shape index (κ1) is 24.3. The number of benzene rings is 2. The van der Waals surface area contributed by atoms with Crippen molar-refractivity contribution in [3.8, 4) is 5.75 Å². The highest BCUT2D eigenvalue weighted by atomic mass is 127. The van der Waals surface area contributed by atoms with E-state index >= 15 is 0 Å². The zero-order chi connectivity index (χ0) is 22.4. The molecule has 0 fully saturated rings. The largest absolute Gasteiger partial charge is 1.00 e. The van der Waals surface area contributed by atoms with Gasteiger partial charge in [-0.05, 0) is 32.0 Å². The van der Waals surface area contributed by atoms with Crippen LogP contribution in [0.5, 0.6) is 5.75 Å². The SMILES string of the molecule is CCn1c(=Cc2sc3ccccc3[n+]2CC)s/c(=C2\Sc3ccc(OC)cc3N2C)c1=O.[I-]. The molecule has 0 bridgehead atoms. The quantitative estimate of drug-likeness (QED) is 0.251. The van der Waals surface area contributed by atoms with Gasteiger partial charge in [-0.3, -0.25) is 9.36 Å². The third kappa shape index (κ3) is 4.13. The molecule has 172 valence electrons. The molecule has 0 saturated carbocycles. The van der Waals surface area contributed by atoms with Crippen LogP contribution in [-0.2, 0) is 13.1 Å². The second-order valence-electron chi connectivity index (χ2n) is 7.42. The summed E-state index contributed by atoms with van der Waals surface area (Å²) in [6.45, 7) is 5.72. The number of fused-ring (bicyclic) bond motifs is 2. The summed E-state index contributed by atoms with van der Waals surface area (Å²) in [5.74, 6) is 0.817. The molecule has 4 aromatic rings. The lowest BCUT2D eigenvalue weighted by molar-refractivity contribution is -0.665. The van der Waals surface area contributed by atoms with Crippen LogP contribution in [0, 0.1) is 0 Å². The van der Waals surface area contributed by atoms with E-state index < -0.39 is 0 Å². The van der Waals surface area contributed by atoms with Crippen molar-refractivity contribution in [3.05, 3.63) is 67.0 Å². The topological polar surface area (TPSA) is 38.4 Å². The molecule has 2 aromatic carbocycles. The van der Waals surface area contributed by atoms with Crippen LogP contribution in [-0.4, -0.2) is 18.7 Å². The smallest absolute Gasteiger partial charge is 0.271 e. The maximum Gasteiger partial charge on any atom is 0.271 e. The van der Waals surface area contributed by atoms with Gasteiger partial charge in [-0.1, -0.05) is 35.2 Å². The number of methoxy groups -OCH3 is 1. The van der Waals surface area contributed by atoms with E-state index in [1.807, 2.05) is 30.7 Å². The van der Waals surface area contributed by atoms with Gasteiger partial charge >= 0.3 is 0 Å². The van der Waals surface area contributed by atoms with Crippen LogP contribution >= 0.6 is 34.4 Å². The lowest BCUT2D eigenvalue weighted by atomic mass is 10.3. The normalized spacial score (nSPS) is 15.2. The second-order valence-corrected chi connectivity index (χ2v) is 10.5. The molecule has 0 saturated heterocycles. The van der Waals surface area contributed by atoms with Crippen LogP contribution in [0.4, 0.5) is 5.69 Å². The number of anilines is 1. The van der Waals surface area contributed by atoms with Gasteiger partial charge in [-0.15, -0.1) is 11.3 Å². The van der Waals surface area contributed by atoms with Crippen molar-refractivity contribution in [2.75, 3.05) is 19.1 Å². The molecule has 0 N–H and O–H groups in total. The first-order valence-electron chi connectivity index (χ1n) is 10.5. The third-order valence-corrected chi connectivity index (χ3v) is 9.26. The van der Waals surface area contributed by atoms with Crippen LogP contribution < -0.4 is 52.9 Å². The molecule has 0 atom stereocenters. The Kier molecular flexibility index (Phi) is 7.23. The molecule has 0 amide bonds. The minimum absolute atomic E-state index is 0. The highest BCUT2D eigenvalue weighted by Crippen LogP contribution is 2.46. The van der Waals surface area contributed by atoms with Crippen molar-refractivity contribution < 1.29 is 33.3 Å². The minimum atomic E-state index is 0. The number of thiazole rings is 2. The van der Waals surface area contributed by atoms with E-state index in [0.717, 1.165) is 42.1 Å². The molecule has 2 aromatic heterocycles. The Labute approximate surface area is 221 Å². The van der Waals surface area contributed by atoms with Crippen molar-refractivity contribution in [1.29, 1.82) is 0 Å². The van der Waals surface area contributed by atoms with Crippen LogP contribution in [0.1, 0.15) is 18.9 Å². The van der Waals surface area contributed by atoms with Gasteiger partial charge in [-0.25, -0.2) is 0 Å². The van der Waals surface area contributed by atoms with Gasteiger partial charge in [0.15, 0.2) is 0 Å². The van der Waals surface area contributed by atoms with Crippen molar-refractivity contribution in [2.45, 2.75) is 31.8 Å². The van der Waals surface area contributed by atoms with Gasteiger partial charge < -0.3 is 33.6 Å². The molecule has 3 heterocycles. The van der Waals surface area contributed by atoms with Gasteiger partial charge in [0.1, 0.15) is 31.2 Å². The maximum absolute atomic E-state index is 13.4. The molecule has 5 rings (SSSR count). The third-order valence-electron chi connectivity index (χ3n) is 5.66. The average Bonchev–Trinajstić information content (AvgIpc) is 3.44. The van der Waals surface area contributed by atoms with E-state index in [4.69, 9.17) is 4.74 Å². The Balaban J connectivity index is 0.00000259. The van der Waals surface area contributed by atoms with E-state index in [-0.39, 0.29) is 29.5 Å². The summed E-state index contributed by atoms with van der Waals surface area (Å²) >= 11 is 4.99. The monoisotopic (exact) mass is 609 g/mol. The minimum Gasteiger partial charge on any atom is -1.00 e. The van der Waals surface area contributed by atoms with Crippen molar-refractivity contribution in [1.82, 2.24) is 4.57 Å². The molecule has 1 aliphatic heterocycles. The summed E-state index contributed by atoms with van der Waals surface area (Å²) < 4.78 is 12.6. The number of aromatic nitrogens is 2. The maximum atomic E-state index is 13.4. The molecule has 1 aliphatic rings. The Morgan fingerprint density at radius 1 is 1.12 bits per heavy atom. The lowest BCUT2D eigenvalue weighted by Crippen LogP contribution is -3.00. The molecule has 0 aliphatic carbocycles. The second kappa shape index (κ2) is 9.81. The van der Waals surface area contributed by atoms with Gasteiger partial charge in [-0.2, -0.15) is 4.57 Å². The summed E-state index contributed by atoms with van der Waals surface area (Å²) in [6.07, 6.45) is 2.17. The number of rotatable bonds is 4. The summed E-state index contributed by atoms with van der Waals surface area (Å²) in [7, 11) is 3.69. The zero-order valence-corrected chi connectivity index (χ0v) is 23.4. The summed E-state index contributed by atoms with van der Waals surface area (Å²) in [6, 6.07) is 14.5. The predicted molar refractivity (Wildman–Crippen MR) is 135 cm³/mol. The number of halogens is 1. The molecule has 0 unspecified atom stereocenters. The summed E-state index contributed by atoms with van der Waals surface area (Å²) in [5.41, 5.74) is 2.37. The molecular weight excluding hydrogens is 585 g/mol. The first-order valence-corrected chi connectivity index (χ1v) is 13.0. The first-order chi connectivity index (χ1) is 15.5. The molecular formula is C24H24IN3O2S3. The van der Waals surface area contributed by atoms with Gasteiger partial charge in [0.2, 0.25) is 5.52 Å². The fourth-order valence-electron chi connectivity index (χ4n) is 4.01. The van der Waals surface area contributed by atoms with Crippen LogP contribution in [0.3, 0.4) is 0 Å². The molecule has 9 heteroatoms. The van der Waals surface area contributed by atoms with Crippen LogP contribution in [0.25, 0.3) is 21.3 Å². The Morgan fingerprint density at radius 3 is 2.64 bits per heavy atom. The molecule has 5 nitrogen and oxygen atoms in total. The van der Waals surface area contributed by atoms with E-state index in [0.29, 0.717) is 6.54 Å². The lowest BCUT2D eigenvalue weighted by Gasteiger charge is -2.13. The fourth-order valence-corrected chi connectivity index (χ4v) is 7.68. The van der Waals surface area contributed by atoms with E-state index in [1.54, 1.807) is 41.5 Å².